The van der Waals surface area contributed by atoms with Crippen molar-refractivity contribution in [2.75, 3.05) is 13.2 Å². The summed E-state index contributed by atoms with van der Waals surface area (Å²) in [6, 6.07) is -1.03. The van der Waals surface area contributed by atoms with Gasteiger partial charge in [-0.2, -0.15) is 0 Å². The van der Waals surface area contributed by atoms with Crippen LogP contribution in [0.1, 0.15) is 12.8 Å². The molecular formula is C8H15NO6. The summed E-state index contributed by atoms with van der Waals surface area (Å²) in [7, 11) is 0. The minimum atomic E-state index is -1.18. The minimum Gasteiger partial charge on any atom is -0.481 e. The maximum Gasteiger partial charge on any atom is 0.320 e. The van der Waals surface area contributed by atoms with E-state index in [1.54, 1.807) is 0 Å². The Morgan fingerprint density at radius 2 is 1.87 bits per heavy atom. The third-order valence-corrected chi connectivity index (χ3v) is 1.76. The largest absolute Gasteiger partial charge is 0.481 e. The van der Waals surface area contributed by atoms with Crippen molar-refractivity contribution in [3.63, 3.8) is 0 Å². The smallest absolute Gasteiger partial charge is 0.320 e. The van der Waals surface area contributed by atoms with Crippen molar-refractivity contribution >= 4 is 11.9 Å². The topological polar surface area (TPSA) is 127 Å². The van der Waals surface area contributed by atoms with Crippen LogP contribution < -0.4 is 5.32 Å². The second kappa shape index (κ2) is 7.16. The Bertz CT molecular complexity index is 219. The Labute approximate surface area is 86.3 Å². The molecular weight excluding hydrogens is 206 g/mol. The van der Waals surface area contributed by atoms with Crippen LogP contribution in [-0.4, -0.2) is 57.7 Å². The number of aliphatic hydroxyl groups excluding tert-OH is 2. The normalized spacial score (nSPS) is 14.5. The number of carboxylic acids is 2. The van der Waals surface area contributed by atoms with Crippen LogP contribution >= 0.6 is 0 Å². The van der Waals surface area contributed by atoms with Crippen LogP contribution in [0.2, 0.25) is 0 Å². The summed E-state index contributed by atoms with van der Waals surface area (Å²) in [6.45, 7) is -0.564. The highest BCUT2D eigenvalue weighted by molar-refractivity contribution is 5.75. The van der Waals surface area contributed by atoms with Crippen LogP contribution in [-0.2, 0) is 9.59 Å². The molecule has 7 heteroatoms. The van der Waals surface area contributed by atoms with E-state index in [1.807, 2.05) is 0 Å². The quantitative estimate of drug-likeness (QED) is 0.329. The van der Waals surface area contributed by atoms with Crippen LogP contribution in [0.3, 0.4) is 0 Å². The Balaban J connectivity index is 3.94. The molecule has 0 saturated carbocycles. The molecule has 0 fully saturated rings. The van der Waals surface area contributed by atoms with E-state index in [1.165, 1.54) is 0 Å². The molecule has 0 saturated heterocycles. The van der Waals surface area contributed by atoms with Gasteiger partial charge in [-0.15, -0.1) is 0 Å². The summed E-state index contributed by atoms with van der Waals surface area (Å²) >= 11 is 0. The number of aliphatic carboxylic acids is 2. The second-order valence-electron chi connectivity index (χ2n) is 3.07. The van der Waals surface area contributed by atoms with Crippen molar-refractivity contribution < 1.29 is 30.0 Å². The Morgan fingerprint density at radius 3 is 2.27 bits per heavy atom. The molecule has 1 unspecified atom stereocenters. The number of rotatable bonds is 8. The highest BCUT2D eigenvalue weighted by Crippen LogP contribution is 1.98. The molecule has 0 aliphatic carbocycles. The number of carboxylic acid groups (broad SMARTS) is 2. The predicted octanol–water partition coefficient (Wildman–Crippen LogP) is -1.75. The van der Waals surface area contributed by atoms with Gasteiger partial charge in [-0.1, -0.05) is 0 Å². The first-order valence-corrected chi connectivity index (χ1v) is 4.44. The summed E-state index contributed by atoms with van der Waals surface area (Å²) in [5.74, 6) is -2.26. The number of carbonyl (C=O) groups is 2. The summed E-state index contributed by atoms with van der Waals surface area (Å²) in [5.41, 5.74) is 0. The highest BCUT2D eigenvalue weighted by atomic mass is 16.4. The fourth-order valence-electron chi connectivity index (χ4n) is 0.924. The van der Waals surface area contributed by atoms with Gasteiger partial charge in [0.05, 0.1) is 12.7 Å². The summed E-state index contributed by atoms with van der Waals surface area (Å²) < 4.78 is 0. The molecule has 0 aliphatic rings. The molecule has 0 aromatic rings. The summed E-state index contributed by atoms with van der Waals surface area (Å²) in [5, 5.41) is 36.9. The van der Waals surface area contributed by atoms with Gasteiger partial charge in [-0.3, -0.25) is 9.59 Å². The monoisotopic (exact) mass is 221 g/mol. The van der Waals surface area contributed by atoms with Gasteiger partial charge >= 0.3 is 11.9 Å². The van der Waals surface area contributed by atoms with E-state index in [9.17, 15) is 9.59 Å². The van der Waals surface area contributed by atoms with Gasteiger partial charge in [0, 0.05) is 13.0 Å². The van der Waals surface area contributed by atoms with Gasteiger partial charge < -0.3 is 25.7 Å². The maximum atomic E-state index is 10.6. The van der Waals surface area contributed by atoms with Crippen LogP contribution in [0, 0.1) is 0 Å². The van der Waals surface area contributed by atoms with E-state index in [-0.39, 0.29) is 19.4 Å². The lowest BCUT2D eigenvalue weighted by Gasteiger charge is -2.15. The van der Waals surface area contributed by atoms with Gasteiger partial charge in [0.1, 0.15) is 6.04 Å². The van der Waals surface area contributed by atoms with E-state index in [0.29, 0.717) is 0 Å². The average molecular weight is 221 g/mol. The van der Waals surface area contributed by atoms with E-state index in [4.69, 9.17) is 20.4 Å². The third-order valence-electron chi connectivity index (χ3n) is 1.76. The van der Waals surface area contributed by atoms with Gasteiger partial charge in [0.15, 0.2) is 0 Å². The Morgan fingerprint density at radius 1 is 1.27 bits per heavy atom. The standard InChI is InChI=1S/C8H15NO6/c10-4-5(11)3-9-6(8(14)15)1-2-7(12)13/h5-6,9-11H,1-4H2,(H,12,13)(H,14,15)/t5?,6-/m1/s1. The summed E-state index contributed by atoms with van der Waals surface area (Å²) in [4.78, 5) is 20.8. The maximum absolute atomic E-state index is 10.6. The lowest BCUT2D eigenvalue weighted by molar-refractivity contribution is -0.140. The SMILES string of the molecule is O=C(O)CC[C@@H](NCC(O)CO)C(=O)O. The molecule has 0 aliphatic heterocycles. The van der Waals surface area contributed by atoms with Crippen molar-refractivity contribution in [1.29, 1.82) is 0 Å². The fraction of sp³-hybridized carbons (Fsp3) is 0.750. The van der Waals surface area contributed by atoms with Crippen molar-refractivity contribution in [2.45, 2.75) is 25.0 Å². The first kappa shape index (κ1) is 13.8. The average Bonchev–Trinajstić information content (AvgIpc) is 2.16. The molecule has 0 radical (unpaired) electrons. The number of hydrogen-bond acceptors (Lipinski definition) is 5. The lowest BCUT2D eigenvalue weighted by atomic mass is 10.1. The van der Waals surface area contributed by atoms with Crippen molar-refractivity contribution in [3.05, 3.63) is 0 Å². The zero-order valence-electron chi connectivity index (χ0n) is 8.09. The third kappa shape index (κ3) is 6.83. The molecule has 0 amide bonds. The minimum absolute atomic E-state index is 0.0667. The lowest BCUT2D eigenvalue weighted by Crippen LogP contribution is -2.42. The molecule has 88 valence electrons. The van der Waals surface area contributed by atoms with Gasteiger partial charge in [-0.25, -0.2) is 0 Å². The second-order valence-corrected chi connectivity index (χ2v) is 3.07. The first-order chi connectivity index (χ1) is 6.97. The first-order valence-electron chi connectivity index (χ1n) is 4.44. The van der Waals surface area contributed by atoms with E-state index in [0.717, 1.165) is 0 Å². The van der Waals surface area contributed by atoms with Crippen molar-refractivity contribution in [3.8, 4) is 0 Å². The molecule has 0 aromatic heterocycles. The zero-order valence-corrected chi connectivity index (χ0v) is 8.09. The summed E-state index contributed by atoms with van der Waals surface area (Å²) in [6.07, 6.45) is -1.38. The molecule has 7 nitrogen and oxygen atoms in total. The number of nitrogens with one attached hydrogen (secondary N) is 1. The number of hydrogen-bond donors (Lipinski definition) is 5. The molecule has 0 aromatic carbocycles. The van der Waals surface area contributed by atoms with Crippen LogP contribution in [0.5, 0.6) is 0 Å². The Hall–Kier alpha value is -1.18. The fourth-order valence-corrected chi connectivity index (χ4v) is 0.924. The number of aliphatic hydroxyl groups is 2. The van der Waals surface area contributed by atoms with Crippen LogP contribution in [0.15, 0.2) is 0 Å². The van der Waals surface area contributed by atoms with E-state index < -0.39 is 30.7 Å². The molecule has 0 bridgehead atoms. The molecule has 0 spiro atoms. The van der Waals surface area contributed by atoms with E-state index >= 15 is 0 Å². The predicted molar refractivity (Wildman–Crippen MR) is 49.4 cm³/mol. The van der Waals surface area contributed by atoms with Crippen molar-refractivity contribution in [1.82, 2.24) is 5.32 Å². The highest BCUT2D eigenvalue weighted by Gasteiger charge is 2.18. The van der Waals surface area contributed by atoms with E-state index in [2.05, 4.69) is 5.32 Å². The molecule has 15 heavy (non-hydrogen) atoms. The Kier molecular flexibility index (Phi) is 6.59. The molecule has 0 heterocycles. The van der Waals surface area contributed by atoms with Gasteiger partial charge in [0.25, 0.3) is 0 Å². The van der Waals surface area contributed by atoms with Crippen LogP contribution in [0.25, 0.3) is 0 Å². The molecule has 0 rings (SSSR count). The zero-order chi connectivity index (χ0) is 11.8. The molecule has 2 atom stereocenters. The van der Waals surface area contributed by atoms with Gasteiger partial charge in [-0.05, 0) is 6.42 Å². The van der Waals surface area contributed by atoms with Gasteiger partial charge in [0.2, 0.25) is 0 Å². The molecule has 5 N–H and O–H groups in total. The van der Waals surface area contributed by atoms with Crippen molar-refractivity contribution in [2.24, 2.45) is 0 Å². The van der Waals surface area contributed by atoms with Crippen LogP contribution in [0.4, 0.5) is 0 Å².